The summed E-state index contributed by atoms with van der Waals surface area (Å²) >= 11 is 9.27. The van der Waals surface area contributed by atoms with Crippen molar-refractivity contribution in [2.24, 2.45) is 5.92 Å². The summed E-state index contributed by atoms with van der Waals surface area (Å²) in [7, 11) is 0. The monoisotopic (exact) mass is 471 g/mol. The first kappa shape index (κ1) is 22.5. The molecule has 0 spiro atoms. The van der Waals surface area contributed by atoms with Crippen LogP contribution >= 0.6 is 27.5 Å². The zero-order valence-corrected chi connectivity index (χ0v) is 18.4. The van der Waals surface area contributed by atoms with Crippen molar-refractivity contribution in [3.05, 3.63) is 63.3 Å². The fraction of sp³-hybridized carbons (Fsp3) is 0.381. The van der Waals surface area contributed by atoms with Crippen LogP contribution in [0.2, 0.25) is 5.02 Å². The molecule has 28 heavy (non-hydrogen) atoms. The molecule has 1 N–H and O–H groups in total. The molecule has 152 valence electrons. The molecule has 0 fully saturated rings. The van der Waals surface area contributed by atoms with Gasteiger partial charge in [0.15, 0.2) is 11.6 Å². The van der Waals surface area contributed by atoms with Crippen LogP contribution in [0, 0.1) is 11.7 Å². The lowest BCUT2D eigenvalue weighted by molar-refractivity contribution is 0.108. The fourth-order valence-electron chi connectivity index (χ4n) is 2.95. The molecule has 0 heterocycles. The summed E-state index contributed by atoms with van der Waals surface area (Å²) in [4.78, 5) is 12.3. The summed E-state index contributed by atoms with van der Waals surface area (Å²) in [6, 6.07) is 12.2. The number of hydrogen-bond donors (Lipinski definition) is 1. The van der Waals surface area contributed by atoms with Crippen molar-refractivity contribution in [2.75, 3.05) is 6.61 Å². The molecule has 0 bridgehead atoms. The van der Waals surface area contributed by atoms with Crippen LogP contribution in [0.3, 0.4) is 0 Å². The fourth-order valence-corrected chi connectivity index (χ4v) is 3.78. The Bertz CT molecular complexity index is 780. The van der Waals surface area contributed by atoms with Crippen LogP contribution in [0.5, 0.6) is 5.75 Å². The van der Waals surface area contributed by atoms with E-state index in [1.807, 2.05) is 51.1 Å². The third-order valence-corrected chi connectivity index (χ3v) is 4.71. The normalized spacial score (nSPS) is 13.1. The van der Waals surface area contributed by atoms with Crippen molar-refractivity contribution < 1.29 is 18.7 Å². The van der Waals surface area contributed by atoms with Gasteiger partial charge in [-0.3, -0.25) is 0 Å². The summed E-state index contributed by atoms with van der Waals surface area (Å²) in [6.07, 6.45) is 0.0569. The van der Waals surface area contributed by atoms with E-state index in [9.17, 15) is 9.18 Å². The predicted octanol–water partition coefficient (Wildman–Crippen LogP) is 6.35. The summed E-state index contributed by atoms with van der Waals surface area (Å²) in [5, 5.41) is 3.01. The molecule has 0 saturated carbocycles. The van der Waals surface area contributed by atoms with Gasteiger partial charge < -0.3 is 14.8 Å². The van der Waals surface area contributed by atoms with E-state index in [1.165, 1.54) is 6.07 Å². The SMILES string of the molecule is CC(C)CC(C)(COc1c(F)cc(Br)cc1Cl)NC(=O)OCc1ccccc1. The minimum atomic E-state index is -0.759. The van der Waals surface area contributed by atoms with Gasteiger partial charge >= 0.3 is 6.09 Å². The van der Waals surface area contributed by atoms with Crippen LogP contribution in [0.25, 0.3) is 0 Å². The van der Waals surface area contributed by atoms with Gasteiger partial charge in [0.2, 0.25) is 0 Å². The van der Waals surface area contributed by atoms with E-state index in [0.29, 0.717) is 10.9 Å². The van der Waals surface area contributed by atoms with Crippen molar-refractivity contribution in [2.45, 2.75) is 39.3 Å². The Morgan fingerprint density at radius 3 is 2.57 bits per heavy atom. The number of hydrogen-bond acceptors (Lipinski definition) is 3. The standard InChI is InChI=1S/C21H24BrClFNO3/c1-14(2)11-21(3,13-28-19-17(23)9-16(22)10-18(19)24)25-20(26)27-12-15-7-5-4-6-8-15/h4-10,14H,11-13H2,1-3H3,(H,25,26). The Morgan fingerprint density at radius 2 is 1.96 bits per heavy atom. The van der Waals surface area contributed by atoms with Crippen LogP contribution in [0.4, 0.5) is 9.18 Å². The topological polar surface area (TPSA) is 47.6 Å². The lowest BCUT2D eigenvalue weighted by atomic mass is 9.91. The maximum absolute atomic E-state index is 14.2. The Hall–Kier alpha value is -1.79. The van der Waals surface area contributed by atoms with E-state index in [2.05, 4.69) is 21.2 Å². The summed E-state index contributed by atoms with van der Waals surface area (Å²) in [5.74, 6) is -0.342. The van der Waals surface area contributed by atoms with Crippen LogP contribution in [0.1, 0.15) is 32.8 Å². The van der Waals surface area contributed by atoms with Crippen LogP contribution in [-0.2, 0) is 11.3 Å². The number of carbonyl (C=O) groups is 1. The first-order valence-electron chi connectivity index (χ1n) is 8.95. The average molecular weight is 473 g/mol. The minimum absolute atomic E-state index is 0.0423. The third-order valence-electron chi connectivity index (χ3n) is 3.97. The number of amides is 1. The molecular weight excluding hydrogens is 449 g/mol. The van der Waals surface area contributed by atoms with E-state index in [1.54, 1.807) is 6.07 Å². The van der Waals surface area contributed by atoms with E-state index in [-0.39, 0.29) is 29.9 Å². The number of ether oxygens (including phenoxy) is 2. The Kier molecular flexibility index (Phi) is 8.13. The second-order valence-electron chi connectivity index (χ2n) is 7.33. The molecule has 4 nitrogen and oxygen atoms in total. The van der Waals surface area contributed by atoms with Gasteiger partial charge in [-0.25, -0.2) is 9.18 Å². The molecule has 7 heteroatoms. The number of nitrogens with one attached hydrogen (secondary N) is 1. The highest BCUT2D eigenvalue weighted by molar-refractivity contribution is 9.10. The summed E-state index contributed by atoms with van der Waals surface area (Å²) < 4.78 is 25.7. The molecule has 0 radical (unpaired) electrons. The smallest absolute Gasteiger partial charge is 0.408 e. The van der Waals surface area contributed by atoms with Gasteiger partial charge in [-0.1, -0.05) is 71.7 Å². The number of carbonyl (C=O) groups excluding carboxylic acids is 1. The number of halogens is 3. The van der Waals surface area contributed by atoms with Gasteiger partial charge in [-0.2, -0.15) is 0 Å². The lowest BCUT2D eigenvalue weighted by Gasteiger charge is -2.32. The highest BCUT2D eigenvalue weighted by atomic mass is 79.9. The summed E-state index contributed by atoms with van der Waals surface area (Å²) in [5.41, 5.74) is 0.133. The summed E-state index contributed by atoms with van der Waals surface area (Å²) in [6.45, 7) is 6.11. The molecule has 1 unspecified atom stereocenters. The van der Waals surface area contributed by atoms with Crippen LogP contribution < -0.4 is 10.1 Å². The first-order valence-corrected chi connectivity index (χ1v) is 10.1. The number of rotatable bonds is 8. The predicted molar refractivity (Wildman–Crippen MR) is 112 cm³/mol. The van der Waals surface area contributed by atoms with Crippen LogP contribution in [-0.4, -0.2) is 18.2 Å². The Balaban J connectivity index is 2.03. The maximum Gasteiger partial charge on any atom is 0.408 e. The molecule has 1 atom stereocenters. The van der Waals surface area contributed by atoms with Crippen molar-refractivity contribution in [1.82, 2.24) is 5.32 Å². The molecule has 2 aromatic carbocycles. The van der Waals surface area contributed by atoms with Crippen molar-refractivity contribution in [1.29, 1.82) is 0 Å². The van der Waals surface area contributed by atoms with E-state index < -0.39 is 17.4 Å². The minimum Gasteiger partial charge on any atom is -0.487 e. The largest absolute Gasteiger partial charge is 0.487 e. The molecule has 0 aliphatic rings. The highest BCUT2D eigenvalue weighted by Crippen LogP contribution is 2.32. The molecule has 0 aliphatic heterocycles. The Morgan fingerprint density at radius 1 is 1.29 bits per heavy atom. The third kappa shape index (κ3) is 6.99. The average Bonchev–Trinajstić information content (AvgIpc) is 2.59. The molecule has 0 aliphatic carbocycles. The highest BCUT2D eigenvalue weighted by Gasteiger charge is 2.30. The van der Waals surface area contributed by atoms with Gasteiger partial charge in [-0.15, -0.1) is 0 Å². The molecule has 0 aromatic heterocycles. The molecule has 0 saturated heterocycles. The van der Waals surface area contributed by atoms with Gasteiger partial charge in [0, 0.05) is 4.47 Å². The van der Waals surface area contributed by atoms with Gasteiger partial charge in [0.05, 0.1) is 10.6 Å². The van der Waals surface area contributed by atoms with Crippen molar-refractivity contribution in [3.63, 3.8) is 0 Å². The van der Waals surface area contributed by atoms with E-state index in [4.69, 9.17) is 21.1 Å². The first-order chi connectivity index (χ1) is 13.2. The zero-order valence-electron chi connectivity index (χ0n) is 16.1. The Labute approximate surface area is 178 Å². The second-order valence-corrected chi connectivity index (χ2v) is 8.66. The number of benzene rings is 2. The molecule has 2 aromatic rings. The van der Waals surface area contributed by atoms with Gasteiger partial charge in [-0.05, 0) is 37.0 Å². The maximum atomic E-state index is 14.2. The zero-order chi connectivity index (χ0) is 20.7. The number of alkyl carbamates (subject to hydrolysis) is 1. The molecular formula is C21H24BrClFNO3. The lowest BCUT2D eigenvalue weighted by Crippen LogP contribution is -2.51. The van der Waals surface area contributed by atoms with Crippen molar-refractivity contribution in [3.8, 4) is 5.75 Å². The van der Waals surface area contributed by atoms with Crippen molar-refractivity contribution >= 4 is 33.6 Å². The quantitative estimate of drug-likeness (QED) is 0.487. The van der Waals surface area contributed by atoms with E-state index in [0.717, 1.165) is 5.56 Å². The van der Waals surface area contributed by atoms with E-state index >= 15 is 0 Å². The van der Waals surface area contributed by atoms with Gasteiger partial charge in [0.25, 0.3) is 0 Å². The molecule has 1 amide bonds. The molecule has 2 rings (SSSR count). The van der Waals surface area contributed by atoms with Gasteiger partial charge in [0.1, 0.15) is 13.2 Å². The van der Waals surface area contributed by atoms with Crippen LogP contribution in [0.15, 0.2) is 46.9 Å². The second kappa shape index (κ2) is 10.1.